The van der Waals surface area contributed by atoms with Crippen molar-refractivity contribution in [2.75, 3.05) is 26.2 Å². The van der Waals surface area contributed by atoms with E-state index in [1.807, 2.05) is 113 Å². The number of benzene rings is 6. The van der Waals surface area contributed by atoms with E-state index < -0.39 is 110 Å². The van der Waals surface area contributed by atoms with Crippen LogP contribution in [0.1, 0.15) is 144 Å². The first-order valence-corrected chi connectivity index (χ1v) is 37.0. The molecular weight excluding hydrogens is 1350 g/mol. The predicted octanol–water partition coefficient (Wildman–Crippen LogP) is 14.7. The molecule has 3 saturated heterocycles. The van der Waals surface area contributed by atoms with Gasteiger partial charge in [-0.05, 0) is 197 Å². The second kappa shape index (κ2) is 30.9. The number of carbonyl (C=O) groups excluding carboxylic acids is 2. The van der Waals surface area contributed by atoms with Crippen LogP contribution >= 0.6 is 0 Å². The highest BCUT2D eigenvalue weighted by atomic mass is 32.2. The Hall–Kier alpha value is -6.68. The van der Waals surface area contributed by atoms with Gasteiger partial charge in [0.1, 0.15) is 17.0 Å². The number of likely N-dealkylation sites (tertiary alicyclic amines) is 2. The van der Waals surface area contributed by atoms with Crippen LogP contribution in [0.4, 0.5) is 30.7 Å². The normalized spacial score (nSPS) is 17.6. The summed E-state index contributed by atoms with van der Waals surface area (Å²) in [7, 11) is -14.5. The quantitative estimate of drug-likeness (QED) is 0.0231. The smallest absolute Gasteiger partial charge is 0.459 e. The lowest BCUT2D eigenvalue weighted by atomic mass is 9.79. The Labute approximate surface area is 579 Å². The van der Waals surface area contributed by atoms with Gasteiger partial charge in [-0.15, -0.1) is 0 Å². The van der Waals surface area contributed by atoms with Crippen LogP contribution in [0, 0.1) is 0 Å². The Morgan fingerprint density at radius 3 is 1.10 bits per heavy atom. The summed E-state index contributed by atoms with van der Waals surface area (Å²) in [4.78, 5) is 31.7. The zero-order chi connectivity index (χ0) is 73.5. The molecule has 0 aliphatic carbocycles. The molecule has 3 fully saturated rings. The Morgan fingerprint density at radius 2 is 0.778 bits per heavy atom. The molecule has 0 N–H and O–H groups in total. The van der Waals surface area contributed by atoms with Gasteiger partial charge in [-0.1, -0.05) is 121 Å². The molecule has 0 saturated carbocycles. The minimum absolute atomic E-state index is 0.00972. The van der Waals surface area contributed by atoms with Gasteiger partial charge < -0.3 is 23.0 Å². The third-order valence-electron chi connectivity index (χ3n) is 17.7. The maximum absolute atomic E-state index is 14.2. The van der Waals surface area contributed by atoms with E-state index in [1.165, 1.54) is 12.1 Å². The number of carbonyl (C=O) groups is 2. The highest BCUT2D eigenvalue weighted by Gasteiger charge is 2.57. The van der Waals surface area contributed by atoms with Gasteiger partial charge in [0, 0.05) is 52.1 Å². The van der Waals surface area contributed by atoms with Crippen LogP contribution in [-0.2, 0) is 84.1 Å². The Kier molecular flexibility index (Phi) is 24.8. The van der Waals surface area contributed by atoms with Crippen LogP contribution in [0.2, 0.25) is 0 Å². The van der Waals surface area contributed by atoms with E-state index in [2.05, 4.69) is 14.0 Å². The highest BCUT2D eigenvalue weighted by molar-refractivity contribution is 7.94. The van der Waals surface area contributed by atoms with Crippen LogP contribution in [0.3, 0.4) is 0 Å². The van der Waals surface area contributed by atoms with Crippen molar-refractivity contribution in [2.24, 2.45) is 0 Å². The molecule has 0 aromatic heterocycles. The molecule has 0 atom stereocenters. The molecule has 26 heteroatoms. The predicted molar refractivity (Wildman–Crippen MR) is 367 cm³/mol. The number of hydrogen-bond acceptors (Lipinski definition) is 15. The average Bonchev–Trinajstić information content (AvgIpc) is 1.12. The van der Waals surface area contributed by atoms with Crippen molar-refractivity contribution in [2.45, 2.75) is 207 Å². The molecule has 0 amide bonds. The molecule has 0 unspecified atom stereocenters. The first-order chi connectivity index (χ1) is 45.7. The summed E-state index contributed by atoms with van der Waals surface area (Å²) in [6, 6.07) is 44.8. The van der Waals surface area contributed by atoms with E-state index in [4.69, 9.17) is 18.8 Å². The molecule has 3 aliphatic rings. The Bertz CT molecular complexity index is 4000. The van der Waals surface area contributed by atoms with Crippen LogP contribution in [-0.4, -0.2) is 130 Å². The van der Waals surface area contributed by atoms with Crippen molar-refractivity contribution in [1.82, 2.24) is 9.80 Å². The van der Waals surface area contributed by atoms with Crippen LogP contribution < -0.4 is 9.65 Å². The van der Waals surface area contributed by atoms with Gasteiger partial charge in [0.05, 0.1) is 21.0 Å². The summed E-state index contributed by atoms with van der Waals surface area (Å²) in [5.74, 6) is -7.49. The zero-order valence-electron chi connectivity index (χ0n) is 58.1. The molecule has 540 valence electrons. The minimum atomic E-state index is -5.72. The molecular formula is C73H90BF7N2O13S3. The monoisotopic (exact) mass is 1440 g/mol. The first kappa shape index (κ1) is 79.6. The fourth-order valence-electron chi connectivity index (χ4n) is 11.3. The fraction of sp³-hybridized carbons (Fsp3) is 0.479. The lowest BCUT2D eigenvalue weighted by Gasteiger charge is -2.40. The van der Waals surface area contributed by atoms with Gasteiger partial charge in [-0.2, -0.15) is 21.6 Å². The maximum Gasteiger partial charge on any atom is 0.534 e. The van der Waals surface area contributed by atoms with Crippen molar-refractivity contribution in [3.8, 4) is 16.9 Å². The number of sulfone groups is 2. The number of rotatable bonds is 20. The summed E-state index contributed by atoms with van der Waals surface area (Å²) in [6.07, 6.45) is 0.239. The van der Waals surface area contributed by atoms with Gasteiger partial charge in [0.25, 0.3) is 0 Å². The third kappa shape index (κ3) is 21.0. The molecule has 6 aromatic rings. The van der Waals surface area contributed by atoms with Gasteiger partial charge >= 0.3 is 34.7 Å². The first-order valence-electron chi connectivity index (χ1n) is 32.6. The van der Waals surface area contributed by atoms with Crippen molar-refractivity contribution in [1.29, 1.82) is 0 Å². The van der Waals surface area contributed by atoms with Gasteiger partial charge in [-0.3, -0.25) is 19.4 Å². The summed E-state index contributed by atoms with van der Waals surface area (Å²) < 4.78 is 190. The molecule has 6 aromatic carbocycles. The zero-order valence-corrected chi connectivity index (χ0v) is 60.5. The number of esters is 2. The van der Waals surface area contributed by atoms with Gasteiger partial charge in [0.15, 0.2) is 29.2 Å². The topological polar surface area (TPSA) is 189 Å². The average molecular weight is 1440 g/mol. The lowest BCUT2D eigenvalue weighted by Crippen LogP contribution is -2.56. The Morgan fingerprint density at radius 1 is 0.455 bits per heavy atom. The van der Waals surface area contributed by atoms with Crippen LogP contribution in [0.25, 0.3) is 11.1 Å². The van der Waals surface area contributed by atoms with Gasteiger partial charge in [0.2, 0.25) is 11.8 Å². The number of hydrogen-bond donors (Lipinski definition) is 0. The van der Waals surface area contributed by atoms with E-state index in [9.17, 15) is 65.6 Å². The van der Waals surface area contributed by atoms with E-state index >= 15 is 0 Å². The number of ether oxygens (including phenoxy) is 2. The summed E-state index contributed by atoms with van der Waals surface area (Å²) in [5, 5.41) is 0. The second-order valence-corrected chi connectivity index (χ2v) is 34.7. The standard InChI is InChI=1S/C33H39F2NO4S.C29H40BNO6S.C11H11F5O3S/c1-31(2,3)40-30(37)33(20-22-36(23-21-33)24-26-8-6-5-7-9-26)41(38,39)29-16-14-28(15-17-29)27-12-10-25(11-13-27)18-19-32(4,34)35;1-26(2,3)35-25(32)29(17-19-31(20-18-29)21-22-11-9-8-10-12-22)38(33,34)24-15-13-23(14-16-24)30-36-27(4,5)28(6,7)37-30;1-10(12,13)7-6-8-2-4-9(5-3-8)19-20(17,18)11(14,15)16/h5-17H,18-24H2,1-4H3;8-16H,17-21H2,1-7H3;2-5H,6-7H2,1H3. The van der Waals surface area contributed by atoms with E-state index in [-0.39, 0.29) is 54.7 Å². The largest absolute Gasteiger partial charge is 0.534 e. The van der Waals surface area contributed by atoms with Crippen LogP contribution in [0.5, 0.6) is 5.75 Å². The number of alkyl halides is 7. The maximum atomic E-state index is 14.2. The molecule has 9 rings (SSSR count). The number of nitrogens with zero attached hydrogens (tertiary/aromatic N) is 2. The highest BCUT2D eigenvalue weighted by Crippen LogP contribution is 2.42. The number of aryl methyl sites for hydroxylation is 2. The number of halogens is 7. The summed E-state index contributed by atoms with van der Waals surface area (Å²) >= 11 is 0. The fourth-order valence-corrected chi connectivity index (χ4v) is 15.6. The van der Waals surface area contributed by atoms with Gasteiger partial charge in [-0.25, -0.2) is 34.4 Å². The molecule has 0 spiro atoms. The summed E-state index contributed by atoms with van der Waals surface area (Å²) in [6.45, 7) is 23.3. The van der Waals surface area contributed by atoms with Crippen molar-refractivity contribution < 1.29 is 88.5 Å². The molecule has 3 heterocycles. The SMILES string of the molecule is CC(C)(C)OC(=O)C1(S(=O)(=O)c2ccc(B3OC(C)(C)C(C)(C)O3)cc2)CCN(Cc2ccccc2)CC1.CC(F)(F)CCc1ccc(-c2ccc(S(=O)(=O)C3(C(=O)OC(C)(C)C)CCN(Cc4ccccc4)CC3)cc2)cc1.CC(F)(F)CCc1ccc(OS(=O)(=O)C(F)(F)F)cc1. The molecule has 0 bridgehead atoms. The number of piperidine rings is 2. The van der Waals surface area contributed by atoms with Crippen LogP contribution in [0.15, 0.2) is 168 Å². The van der Waals surface area contributed by atoms with Crippen molar-refractivity contribution >= 4 is 54.3 Å². The van der Waals surface area contributed by atoms with E-state index in [0.717, 1.165) is 59.3 Å². The van der Waals surface area contributed by atoms with Crippen molar-refractivity contribution in [3.63, 3.8) is 0 Å². The third-order valence-corrected chi connectivity index (χ3v) is 23.7. The minimum Gasteiger partial charge on any atom is -0.459 e. The molecule has 99 heavy (non-hydrogen) atoms. The van der Waals surface area contributed by atoms with E-state index in [0.29, 0.717) is 44.8 Å². The second-order valence-electron chi connectivity index (χ2n) is 28.7. The van der Waals surface area contributed by atoms with E-state index in [1.54, 1.807) is 90.1 Å². The molecule has 3 aliphatic heterocycles. The molecule has 0 radical (unpaired) electrons. The lowest BCUT2D eigenvalue weighted by molar-refractivity contribution is -0.160. The Balaban J connectivity index is 0.000000221. The van der Waals surface area contributed by atoms with Crippen molar-refractivity contribution in [3.05, 3.63) is 180 Å². The molecule has 15 nitrogen and oxygen atoms in total. The summed E-state index contributed by atoms with van der Waals surface area (Å²) in [5.41, 5.74) is -2.26.